The van der Waals surface area contributed by atoms with Gasteiger partial charge in [-0.3, -0.25) is 9.59 Å². The van der Waals surface area contributed by atoms with E-state index in [1.165, 1.54) is 11.8 Å². The number of carbonyl (C=O) groups excluding carboxylic acids is 2. The topological polar surface area (TPSA) is 46.2 Å². The molecule has 0 rings (SSSR count). The van der Waals surface area contributed by atoms with Gasteiger partial charge in [-0.2, -0.15) is 0 Å². The molecule has 3 nitrogen and oxygen atoms in total. The Bertz CT molecular complexity index is 116. The molecular weight excluding hydrogens is 150 g/mol. The van der Waals surface area contributed by atoms with E-state index in [4.69, 9.17) is 0 Å². The first-order valence-corrected chi connectivity index (χ1v) is 4.12. The van der Waals surface area contributed by atoms with E-state index in [1.54, 1.807) is 0 Å². The summed E-state index contributed by atoms with van der Waals surface area (Å²) in [6, 6.07) is 0. The number of hydrogen-bond acceptors (Lipinski definition) is 3. The molecule has 0 atom stereocenters. The van der Waals surface area contributed by atoms with E-state index in [1.807, 2.05) is 6.92 Å². The van der Waals surface area contributed by atoms with Crippen LogP contribution in [0, 0.1) is 0 Å². The minimum absolute atomic E-state index is 0.136. The molecule has 0 spiro atoms. The average Bonchev–Trinajstić information content (AvgIpc) is 1.89. The number of nitrogens with one attached hydrogen (secondary N) is 1. The third-order valence-corrected chi connectivity index (χ3v) is 1.68. The van der Waals surface area contributed by atoms with Crippen molar-refractivity contribution in [3.8, 4) is 0 Å². The summed E-state index contributed by atoms with van der Waals surface area (Å²) in [5, 5.41) is 2.56. The molecule has 4 heteroatoms. The fourth-order valence-electron chi connectivity index (χ4n) is 0.466. The van der Waals surface area contributed by atoms with Crippen molar-refractivity contribution in [2.24, 2.45) is 0 Å². The summed E-state index contributed by atoms with van der Waals surface area (Å²) in [4.78, 5) is 20.4. The van der Waals surface area contributed by atoms with E-state index in [0.717, 1.165) is 5.75 Å². The van der Waals surface area contributed by atoms with Gasteiger partial charge in [0.15, 0.2) is 5.12 Å². The maximum atomic E-state index is 10.7. The summed E-state index contributed by atoms with van der Waals surface area (Å²) in [5.74, 6) is 0.805. The second-order valence-electron chi connectivity index (χ2n) is 1.63. The second-order valence-corrected chi connectivity index (χ2v) is 2.95. The summed E-state index contributed by atoms with van der Waals surface area (Å²) in [5.41, 5.74) is 0. The fraction of sp³-hybridized carbons (Fsp3) is 0.667. The van der Waals surface area contributed by atoms with Crippen molar-refractivity contribution < 1.29 is 9.59 Å². The molecular formula is C6H11NO2S. The second kappa shape index (κ2) is 6.61. The lowest BCUT2D eigenvalue weighted by Crippen LogP contribution is -2.14. The van der Waals surface area contributed by atoms with Gasteiger partial charge in [-0.1, -0.05) is 18.7 Å². The zero-order valence-corrected chi connectivity index (χ0v) is 6.74. The molecule has 1 N–H and O–H groups in total. The van der Waals surface area contributed by atoms with Crippen LogP contribution >= 0.6 is 11.8 Å². The predicted octanol–water partition coefficient (Wildman–Crippen LogP) is 0.402. The Kier molecular flexibility index (Phi) is 6.27. The smallest absolute Gasteiger partial charge is 0.207 e. The molecule has 0 bridgehead atoms. The Labute approximate surface area is 64.6 Å². The highest BCUT2D eigenvalue weighted by Gasteiger charge is 1.98. The van der Waals surface area contributed by atoms with Gasteiger partial charge in [0.05, 0.1) is 0 Å². The molecule has 58 valence electrons. The van der Waals surface area contributed by atoms with E-state index in [0.29, 0.717) is 19.4 Å². The first-order valence-electron chi connectivity index (χ1n) is 3.14. The van der Waals surface area contributed by atoms with Gasteiger partial charge in [0.25, 0.3) is 0 Å². The van der Waals surface area contributed by atoms with Gasteiger partial charge < -0.3 is 5.32 Å². The summed E-state index contributed by atoms with van der Waals surface area (Å²) >= 11 is 1.29. The fourth-order valence-corrected chi connectivity index (χ4v) is 1.03. The summed E-state index contributed by atoms with van der Waals surface area (Å²) < 4.78 is 0. The van der Waals surface area contributed by atoms with E-state index in [2.05, 4.69) is 5.32 Å². The number of thioether (sulfide) groups is 1. The molecule has 0 heterocycles. The zero-order chi connectivity index (χ0) is 7.82. The van der Waals surface area contributed by atoms with Crippen molar-refractivity contribution in [3.05, 3.63) is 0 Å². The van der Waals surface area contributed by atoms with Crippen LogP contribution < -0.4 is 5.32 Å². The third-order valence-electron chi connectivity index (χ3n) is 0.862. The maximum absolute atomic E-state index is 10.7. The van der Waals surface area contributed by atoms with Crippen molar-refractivity contribution in [2.75, 3.05) is 12.3 Å². The lowest BCUT2D eigenvalue weighted by molar-refractivity contribution is -0.111. The van der Waals surface area contributed by atoms with Crippen molar-refractivity contribution in [1.29, 1.82) is 0 Å². The van der Waals surface area contributed by atoms with Gasteiger partial charge >= 0.3 is 0 Å². The van der Waals surface area contributed by atoms with Crippen LogP contribution in [-0.2, 0) is 9.59 Å². The minimum atomic E-state index is 0.136. The summed E-state index contributed by atoms with van der Waals surface area (Å²) in [6.07, 6.45) is 1.03. The predicted molar refractivity (Wildman–Crippen MR) is 41.8 cm³/mol. The highest BCUT2D eigenvalue weighted by Crippen LogP contribution is 2.02. The van der Waals surface area contributed by atoms with Crippen molar-refractivity contribution in [2.45, 2.75) is 13.3 Å². The van der Waals surface area contributed by atoms with E-state index >= 15 is 0 Å². The van der Waals surface area contributed by atoms with Gasteiger partial charge in [0.1, 0.15) is 0 Å². The Morgan fingerprint density at radius 3 is 2.90 bits per heavy atom. The van der Waals surface area contributed by atoms with Gasteiger partial charge in [0, 0.05) is 13.0 Å². The van der Waals surface area contributed by atoms with Crippen LogP contribution in [0.2, 0.25) is 0 Å². The SMILES string of the molecule is CCSC(=O)CCNC=O. The quantitative estimate of drug-likeness (QED) is 0.469. The standard InChI is InChI=1S/C6H11NO2S/c1-2-10-6(9)3-4-7-5-8/h5H,2-4H2,1H3,(H,7,8). The first-order chi connectivity index (χ1) is 4.81. The van der Waals surface area contributed by atoms with E-state index in [-0.39, 0.29) is 5.12 Å². The number of rotatable bonds is 5. The molecule has 0 fully saturated rings. The molecule has 0 radical (unpaired) electrons. The first kappa shape index (κ1) is 9.49. The van der Waals surface area contributed by atoms with Gasteiger partial charge in [-0.15, -0.1) is 0 Å². The molecule has 0 aliphatic rings. The summed E-state index contributed by atoms with van der Waals surface area (Å²) in [6.45, 7) is 2.38. The lowest BCUT2D eigenvalue weighted by Gasteiger charge is -1.95. The van der Waals surface area contributed by atoms with Crippen LogP contribution in [0.5, 0.6) is 0 Å². The minimum Gasteiger partial charge on any atom is -0.358 e. The average molecular weight is 161 g/mol. The van der Waals surface area contributed by atoms with Crippen LogP contribution in [0.4, 0.5) is 0 Å². The Morgan fingerprint density at radius 1 is 1.70 bits per heavy atom. The molecule has 0 saturated heterocycles. The molecule has 0 aliphatic heterocycles. The third kappa shape index (κ3) is 5.62. The molecule has 0 aromatic carbocycles. The zero-order valence-electron chi connectivity index (χ0n) is 5.92. The summed E-state index contributed by atoms with van der Waals surface area (Å²) in [7, 11) is 0. The Morgan fingerprint density at radius 2 is 2.40 bits per heavy atom. The number of amides is 1. The normalized spacial score (nSPS) is 8.90. The number of hydrogen-bond donors (Lipinski definition) is 1. The highest BCUT2D eigenvalue weighted by atomic mass is 32.2. The molecule has 0 aromatic rings. The molecule has 0 saturated carbocycles. The van der Waals surface area contributed by atoms with E-state index in [9.17, 15) is 9.59 Å². The molecule has 1 amide bonds. The van der Waals surface area contributed by atoms with Crippen molar-refractivity contribution in [3.63, 3.8) is 0 Å². The largest absolute Gasteiger partial charge is 0.358 e. The molecule has 10 heavy (non-hydrogen) atoms. The van der Waals surface area contributed by atoms with Crippen LogP contribution in [0.1, 0.15) is 13.3 Å². The number of carbonyl (C=O) groups is 2. The van der Waals surface area contributed by atoms with Gasteiger partial charge in [-0.05, 0) is 5.75 Å². The van der Waals surface area contributed by atoms with E-state index < -0.39 is 0 Å². The van der Waals surface area contributed by atoms with Crippen molar-refractivity contribution >= 4 is 23.3 Å². The van der Waals surface area contributed by atoms with Crippen LogP contribution in [0.15, 0.2) is 0 Å². The molecule has 0 aliphatic carbocycles. The Balaban J connectivity index is 3.13. The van der Waals surface area contributed by atoms with Gasteiger partial charge in [-0.25, -0.2) is 0 Å². The molecule has 0 unspecified atom stereocenters. The lowest BCUT2D eigenvalue weighted by atomic mass is 10.5. The van der Waals surface area contributed by atoms with Crippen LogP contribution in [-0.4, -0.2) is 23.8 Å². The van der Waals surface area contributed by atoms with Gasteiger partial charge in [0.2, 0.25) is 6.41 Å². The maximum Gasteiger partial charge on any atom is 0.207 e. The van der Waals surface area contributed by atoms with Crippen LogP contribution in [0.25, 0.3) is 0 Å². The monoisotopic (exact) mass is 161 g/mol. The highest BCUT2D eigenvalue weighted by molar-refractivity contribution is 8.13. The molecule has 0 aromatic heterocycles. The van der Waals surface area contributed by atoms with Crippen molar-refractivity contribution in [1.82, 2.24) is 5.32 Å². The van der Waals surface area contributed by atoms with Crippen LogP contribution in [0.3, 0.4) is 0 Å². The Hall–Kier alpha value is -0.510.